The Labute approximate surface area is 94.8 Å². The highest BCUT2D eigenvalue weighted by Crippen LogP contribution is 2.34. The number of halogens is 1. The number of benzene rings is 1. The van der Waals surface area contributed by atoms with Crippen molar-refractivity contribution < 1.29 is 0 Å². The first kappa shape index (κ1) is 11.7. The van der Waals surface area contributed by atoms with Crippen molar-refractivity contribution in [3.63, 3.8) is 0 Å². The van der Waals surface area contributed by atoms with Gasteiger partial charge in [0.1, 0.15) is 0 Å². The van der Waals surface area contributed by atoms with E-state index in [9.17, 15) is 0 Å². The van der Waals surface area contributed by atoms with E-state index in [1.165, 1.54) is 11.1 Å². The van der Waals surface area contributed by atoms with Crippen molar-refractivity contribution in [3.05, 3.63) is 33.8 Å². The number of hydrogen-bond donors (Lipinski definition) is 1. The van der Waals surface area contributed by atoms with E-state index < -0.39 is 0 Å². The van der Waals surface area contributed by atoms with E-state index in [-0.39, 0.29) is 11.5 Å². The average molecular weight is 256 g/mol. The van der Waals surface area contributed by atoms with Crippen LogP contribution in [0.4, 0.5) is 0 Å². The lowest BCUT2D eigenvalue weighted by atomic mass is 9.83. The van der Waals surface area contributed by atoms with Crippen LogP contribution in [-0.4, -0.2) is 0 Å². The van der Waals surface area contributed by atoms with Gasteiger partial charge in [0.05, 0.1) is 0 Å². The van der Waals surface area contributed by atoms with Gasteiger partial charge in [-0.05, 0) is 29.5 Å². The van der Waals surface area contributed by atoms with Crippen molar-refractivity contribution in [1.82, 2.24) is 0 Å². The molecule has 1 rings (SSSR count). The molecular weight excluding hydrogens is 238 g/mol. The third-order valence-corrected chi connectivity index (χ3v) is 3.11. The molecule has 1 nitrogen and oxygen atoms in total. The number of hydrogen-bond acceptors (Lipinski definition) is 1. The van der Waals surface area contributed by atoms with Crippen molar-refractivity contribution in [1.29, 1.82) is 0 Å². The fraction of sp³-hybridized carbons (Fsp3) is 0.500. The second-order valence-electron chi connectivity index (χ2n) is 4.87. The van der Waals surface area contributed by atoms with Crippen LogP contribution >= 0.6 is 15.9 Å². The summed E-state index contributed by atoms with van der Waals surface area (Å²) < 4.78 is 1.11. The highest BCUT2D eigenvalue weighted by Gasteiger charge is 2.23. The summed E-state index contributed by atoms with van der Waals surface area (Å²) in [5.74, 6) is 0. The molecule has 0 aliphatic carbocycles. The molecule has 0 heterocycles. The Bertz CT molecular complexity index is 326. The van der Waals surface area contributed by atoms with E-state index in [4.69, 9.17) is 5.73 Å². The van der Waals surface area contributed by atoms with E-state index >= 15 is 0 Å². The zero-order valence-corrected chi connectivity index (χ0v) is 10.9. The van der Waals surface area contributed by atoms with Crippen LogP contribution in [0.15, 0.2) is 22.7 Å². The molecular formula is C12H18BrN. The first-order valence-electron chi connectivity index (χ1n) is 4.84. The molecule has 1 unspecified atom stereocenters. The molecule has 0 bridgehead atoms. The monoisotopic (exact) mass is 255 g/mol. The lowest BCUT2D eigenvalue weighted by molar-refractivity contribution is 0.326. The van der Waals surface area contributed by atoms with Gasteiger partial charge in [-0.1, -0.05) is 48.8 Å². The lowest BCUT2D eigenvalue weighted by Gasteiger charge is -2.28. The second-order valence-corrected chi connectivity index (χ2v) is 5.72. The van der Waals surface area contributed by atoms with E-state index in [0.717, 1.165) is 4.47 Å². The molecule has 2 heteroatoms. The average Bonchev–Trinajstić information content (AvgIpc) is 2.01. The summed E-state index contributed by atoms with van der Waals surface area (Å²) >= 11 is 3.56. The van der Waals surface area contributed by atoms with E-state index in [1.54, 1.807) is 0 Å². The maximum absolute atomic E-state index is 6.19. The Hall–Kier alpha value is -0.340. The molecule has 0 fully saturated rings. The van der Waals surface area contributed by atoms with Crippen molar-refractivity contribution in [2.45, 2.75) is 33.7 Å². The number of rotatable bonds is 1. The fourth-order valence-corrected chi connectivity index (χ4v) is 2.09. The number of aryl methyl sites for hydroxylation is 1. The van der Waals surface area contributed by atoms with E-state index in [2.05, 4.69) is 61.8 Å². The van der Waals surface area contributed by atoms with Crippen LogP contribution < -0.4 is 5.73 Å². The third kappa shape index (κ3) is 2.58. The molecule has 0 spiro atoms. The standard InChI is InChI=1S/C12H18BrN/c1-8-5-6-9(10(13)7-8)11(14)12(2,3)4/h5-7,11H,14H2,1-4H3. The summed E-state index contributed by atoms with van der Waals surface area (Å²) in [6.07, 6.45) is 0. The molecule has 0 amide bonds. The molecule has 2 N–H and O–H groups in total. The Morgan fingerprint density at radius 2 is 1.86 bits per heavy atom. The molecule has 0 aromatic heterocycles. The van der Waals surface area contributed by atoms with Crippen molar-refractivity contribution in [2.75, 3.05) is 0 Å². The van der Waals surface area contributed by atoms with Crippen LogP contribution in [0.1, 0.15) is 37.9 Å². The smallest absolute Gasteiger partial charge is 0.0355 e. The SMILES string of the molecule is Cc1ccc(C(N)C(C)(C)C)c(Br)c1. The molecule has 0 saturated heterocycles. The maximum Gasteiger partial charge on any atom is 0.0355 e. The molecule has 0 saturated carbocycles. The summed E-state index contributed by atoms with van der Waals surface area (Å²) in [6, 6.07) is 6.39. The zero-order valence-electron chi connectivity index (χ0n) is 9.26. The minimum atomic E-state index is 0.0671. The van der Waals surface area contributed by atoms with Gasteiger partial charge in [-0.15, -0.1) is 0 Å². The highest BCUT2D eigenvalue weighted by atomic mass is 79.9. The third-order valence-electron chi connectivity index (χ3n) is 2.42. The van der Waals surface area contributed by atoms with Gasteiger partial charge in [-0.25, -0.2) is 0 Å². The summed E-state index contributed by atoms with van der Waals surface area (Å²) in [5.41, 5.74) is 8.72. The predicted molar refractivity (Wildman–Crippen MR) is 65.3 cm³/mol. The first-order valence-corrected chi connectivity index (χ1v) is 5.63. The topological polar surface area (TPSA) is 26.0 Å². The molecule has 0 aliphatic heterocycles. The van der Waals surface area contributed by atoms with Gasteiger partial charge in [-0.3, -0.25) is 0 Å². The molecule has 0 aliphatic rings. The first-order chi connectivity index (χ1) is 6.32. The Kier molecular flexibility index (Phi) is 3.38. The Morgan fingerprint density at radius 3 is 2.29 bits per heavy atom. The Morgan fingerprint density at radius 1 is 1.29 bits per heavy atom. The summed E-state index contributed by atoms with van der Waals surface area (Å²) in [6.45, 7) is 8.55. The van der Waals surface area contributed by atoms with Crippen molar-refractivity contribution in [3.8, 4) is 0 Å². The summed E-state index contributed by atoms with van der Waals surface area (Å²) in [5, 5.41) is 0. The Balaban J connectivity index is 3.08. The van der Waals surface area contributed by atoms with Gasteiger partial charge >= 0.3 is 0 Å². The lowest BCUT2D eigenvalue weighted by Crippen LogP contribution is -2.26. The molecule has 0 radical (unpaired) electrons. The maximum atomic E-state index is 6.19. The predicted octanol–water partition coefficient (Wildman–Crippen LogP) is 3.80. The van der Waals surface area contributed by atoms with Crippen LogP contribution in [0.25, 0.3) is 0 Å². The normalized spacial score (nSPS) is 14.1. The van der Waals surface area contributed by atoms with Crippen LogP contribution in [0.3, 0.4) is 0 Å². The zero-order chi connectivity index (χ0) is 10.9. The minimum absolute atomic E-state index is 0.0671. The van der Waals surface area contributed by atoms with Gasteiger partial charge in [-0.2, -0.15) is 0 Å². The number of nitrogens with two attached hydrogens (primary N) is 1. The molecule has 1 atom stereocenters. The highest BCUT2D eigenvalue weighted by molar-refractivity contribution is 9.10. The minimum Gasteiger partial charge on any atom is -0.323 e. The quantitative estimate of drug-likeness (QED) is 0.812. The van der Waals surface area contributed by atoms with Gasteiger partial charge in [0, 0.05) is 10.5 Å². The van der Waals surface area contributed by atoms with Crippen molar-refractivity contribution in [2.24, 2.45) is 11.1 Å². The molecule has 1 aromatic rings. The van der Waals surface area contributed by atoms with Crippen molar-refractivity contribution >= 4 is 15.9 Å². The van der Waals surface area contributed by atoms with E-state index in [1.807, 2.05) is 0 Å². The summed E-state index contributed by atoms with van der Waals surface area (Å²) in [7, 11) is 0. The van der Waals surface area contributed by atoms with Crippen LogP contribution in [-0.2, 0) is 0 Å². The van der Waals surface area contributed by atoms with E-state index in [0.29, 0.717) is 0 Å². The molecule has 78 valence electrons. The van der Waals surface area contributed by atoms with Gasteiger partial charge in [0.25, 0.3) is 0 Å². The van der Waals surface area contributed by atoms with Crippen LogP contribution in [0.5, 0.6) is 0 Å². The molecule has 1 aromatic carbocycles. The fourth-order valence-electron chi connectivity index (χ4n) is 1.35. The second kappa shape index (κ2) is 4.03. The van der Waals surface area contributed by atoms with Gasteiger partial charge < -0.3 is 5.73 Å². The van der Waals surface area contributed by atoms with Crippen LogP contribution in [0.2, 0.25) is 0 Å². The van der Waals surface area contributed by atoms with Gasteiger partial charge in [0.15, 0.2) is 0 Å². The summed E-state index contributed by atoms with van der Waals surface area (Å²) in [4.78, 5) is 0. The van der Waals surface area contributed by atoms with Crippen LogP contribution in [0, 0.1) is 12.3 Å². The molecule has 14 heavy (non-hydrogen) atoms. The largest absolute Gasteiger partial charge is 0.323 e. The van der Waals surface area contributed by atoms with Gasteiger partial charge in [0.2, 0.25) is 0 Å².